The third-order valence-electron chi connectivity index (χ3n) is 2.13. The maximum atomic E-state index is 9.87. The Kier molecular flexibility index (Phi) is 5.72. The van der Waals surface area contributed by atoms with Crippen molar-refractivity contribution in [3.8, 4) is 0 Å². The second-order valence-electron chi connectivity index (χ2n) is 6.16. The van der Waals surface area contributed by atoms with Gasteiger partial charge in [-0.05, 0) is 18.2 Å². The summed E-state index contributed by atoms with van der Waals surface area (Å²) in [6, 6.07) is 10.5. The topological polar surface area (TPSA) is 0 Å². The van der Waals surface area contributed by atoms with Crippen LogP contribution in [-0.2, 0) is 16.9 Å². The zero-order valence-corrected chi connectivity index (χ0v) is 15.4. The zero-order chi connectivity index (χ0) is 17.2. The quantitative estimate of drug-likeness (QED) is 0.240. The molecule has 0 fully saturated rings. The third kappa shape index (κ3) is 17.7. The number of benzene rings is 1. The molecule has 21 heavy (non-hydrogen) atoms. The Hall–Kier alpha value is -0.203. The predicted molar refractivity (Wildman–Crippen MR) is 84.5 cm³/mol. The van der Waals surface area contributed by atoms with Crippen LogP contribution >= 0.6 is 7.81 Å². The summed E-state index contributed by atoms with van der Waals surface area (Å²) in [6.45, 7) is 7.27. The normalized spacial score (nSPS) is 15.8. The first-order valence-electron chi connectivity index (χ1n) is 6.06. The van der Waals surface area contributed by atoms with Crippen LogP contribution in [0.25, 0.3) is 0 Å². The molecule has 1 aromatic rings. The van der Waals surface area contributed by atoms with Crippen LogP contribution in [-0.4, -0.2) is 20.6 Å². The van der Waals surface area contributed by atoms with Gasteiger partial charge >= 0.3 is 33.0 Å². The summed E-state index contributed by atoms with van der Waals surface area (Å²) in [5.41, 5.74) is 1.51. The van der Waals surface area contributed by atoms with Crippen molar-refractivity contribution >= 4 is 26.8 Å². The molecular formula is C12H21F6PSSi. The number of halogens is 6. The average molecular weight is 370 g/mol. The van der Waals surface area contributed by atoms with Crippen LogP contribution < -0.4 is 0 Å². The SMILES string of the molecule is C[S+](C)c1ccc(C[Si](C)(C)C)cc1.F[P-](F)(F)(F)(F)F. The molecule has 0 heterocycles. The van der Waals surface area contributed by atoms with E-state index in [1.165, 1.54) is 16.5 Å². The first-order valence-corrected chi connectivity index (χ1v) is 13.8. The number of hydrogen-bond donors (Lipinski definition) is 0. The van der Waals surface area contributed by atoms with Gasteiger partial charge < -0.3 is 0 Å². The van der Waals surface area contributed by atoms with Crippen molar-refractivity contribution in [2.24, 2.45) is 0 Å². The molecule has 0 unspecified atom stereocenters. The van der Waals surface area contributed by atoms with Gasteiger partial charge in [0, 0.05) is 19.0 Å². The fourth-order valence-corrected chi connectivity index (χ4v) is 3.63. The summed E-state index contributed by atoms with van der Waals surface area (Å²) >= 11 is 0. The van der Waals surface area contributed by atoms with E-state index in [0.717, 1.165) is 0 Å². The van der Waals surface area contributed by atoms with Crippen LogP contribution in [0.4, 0.5) is 25.2 Å². The molecule has 0 aromatic heterocycles. The van der Waals surface area contributed by atoms with Crippen molar-refractivity contribution in [3.63, 3.8) is 0 Å². The van der Waals surface area contributed by atoms with E-state index >= 15 is 0 Å². The number of hydrogen-bond acceptors (Lipinski definition) is 0. The molecule has 0 nitrogen and oxygen atoms in total. The Labute approximate surface area is 125 Å². The molecule has 0 bridgehead atoms. The Morgan fingerprint density at radius 1 is 0.857 bits per heavy atom. The molecule has 0 aliphatic carbocycles. The van der Waals surface area contributed by atoms with Gasteiger partial charge in [-0.1, -0.05) is 37.3 Å². The fraction of sp³-hybridized carbons (Fsp3) is 0.500. The van der Waals surface area contributed by atoms with Crippen molar-refractivity contribution in [1.82, 2.24) is 0 Å². The van der Waals surface area contributed by atoms with E-state index in [4.69, 9.17) is 0 Å². The third-order valence-corrected chi connectivity index (χ3v) is 4.81. The van der Waals surface area contributed by atoms with Gasteiger partial charge in [0.25, 0.3) is 0 Å². The second kappa shape index (κ2) is 5.78. The van der Waals surface area contributed by atoms with E-state index in [9.17, 15) is 25.2 Å². The van der Waals surface area contributed by atoms with E-state index in [0.29, 0.717) is 10.9 Å². The Balaban J connectivity index is 0.000000486. The minimum atomic E-state index is -10.7. The monoisotopic (exact) mass is 370 g/mol. The predicted octanol–water partition coefficient (Wildman–Crippen LogP) is 6.73. The summed E-state index contributed by atoms with van der Waals surface area (Å²) in [5, 5.41) is 0. The summed E-state index contributed by atoms with van der Waals surface area (Å²) < 4.78 is 59.2. The van der Waals surface area contributed by atoms with Crippen LogP contribution in [0.1, 0.15) is 5.56 Å². The molecule has 0 saturated carbocycles. The van der Waals surface area contributed by atoms with E-state index in [-0.39, 0.29) is 0 Å². The molecule has 0 N–H and O–H groups in total. The first-order chi connectivity index (χ1) is 8.83. The van der Waals surface area contributed by atoms with Gasteiger partial charge in [-0.15, -0.1) is 0 Å². The van der Waals surface area contributed by atoms with Crippen LogP contribution in [0, 0.1) is 0 Å². The molecule has 1 rings (SSSR count). The zero-order valence-electron chi connectivity index (χ0n) is 12.6. The van der Waals surface area contributed by atoms with Gasteiger partial charge in [0.1, 0.15) is 12.5 Å². The maximum absolute atomic E-state index is 10.7. The fourth-order valence-electron chi connectivity index (χ4n) is 1.49. The van der Waals surface area contributed by atoms with Gasteiger partial charge in [-0.2, -0.15) is 0 Å². The molecule has 0 saturated heterocycles. The van der Waals surface area contributed by atoms with Crippen molar-refractivity contribution in [2.75, 3.05) is 12.5 Å². The molecule has 9 heteroatoms. The molecule has 0 aliphatic heterocycles. The minimum absolute atomic E-state index is 0.401. The van der Waals surface area contributed by atoms with Gasteiger partial charge in [0.05, 0.1) is 0 Å². The van der Waals surface area contributed by atoms with Gasteiger partial charge in [-0.25, -0.2) is 0 Å². The van der Waals surface area contributed by atoms with Gasteiger partial charge in [0.15, 0.2) is 4.90 Å². The molecule has 126 valence electrons. The van der Waals surface area contributed by atoms with Crippen molar-refractivity contribution in [1.29, 1.82) is 0 Å². The first kappa shape index (κ1) is 20.8. The van der Waals surface area contributed by atoms with Crippen molar-refractivity contribution < 1.29 is 25.2 Å². The summed E-state index contributed by atoms with van der Waals surface area (Å²) in [7, 11) is -11.2. The van der Waals surface area contributed by atoms with Crippen molar-refractivity contribution in [2.45, 2.75) is 30.6 Å². The standard InChI is InChI=1S/C12H21SSi.F6P/c1-13(2)12-8-6-11(7-9-12)10-14(3,4)5;1-7(2,3,4,5)6/h6-9H,10H2,1-5H3;/q+1;-1. The van der Waals surface area contributed by atoms with Gasteiger partial charge in [0.2, 0.25) is 0 Å². The molecular weight excluding hydrogens is 349 g/mol. The van der Waals surface area contributed by atoms with Gasteiger partial charge in [-0.3, -0.25) is 0 Å². The van der Waals surface area contributed by atoms with E-state index in [1.54, 1.807) is 0 Å². The summed E-state index contributed by atoms with van der Waals surface area (Å²) in [5.74, 6) is 0. The molecule has 1 aromatic carbocycles. The Morgan fingerprint density at radius 3 is 1.43 bits per heavy atom. The Morgan fingerprint density at radius 2 is 1.19 bits per heavy atom. The number of rotatable bonds is 3. The molecule has 0 aliphatic rings. The second-order valence-corrected chi connectivity index (χ2v) is 15.7. The van der Waals surface area contributed by atoms with Crippen molar-refractivity contribution in [3.05, 3.63) is 29.8 Å². The van der Waals surface area contributed by atoms with Crippen LogP contribution in [0.15, 0.2) is 29.2 Å². The van der Waals surface area contributed by atoms with Crippen LogP contribution in [0.5, 0.6) is 0 Å². The molecule has 0 radical (unpaired) electrons. The average Bonchev–Trinajstić information content (AvgIpc) is 2.10. The summed E-state index contributed by atoms with van der Waals surface area (Å²) in [4.78, 5) is 1.48. The molecule has 0 atom stereocenters. The summed E-state index contributed by atoms with van der Waals surface area (Å²) in [6.07, 6.45) is 4.54. The molecule has 0 amide bonds. The van der Waals surface area contributed by atoms with Crippen LogP contribution in [0.3, 0.4) is 0 Å². The van der Waals surface area contributed by atoms with E-state index in [2.05, 4.69) is 56.4 Å². The van der Waals surface area contributed by atoms with E-state index in [1.807, 2.05) is 0 Å². The molecule has 0 spiro atoms. The van der Waals surface area contributed by atoms with E-state index < -0.39 is 15.9 Å². The van der Waals surface area contributed by atoms with Crippen LogP contribution in [0.2, 0.25) is 19.6 Å². The Bertz CT molecular complexity index is 449.